The van der Waals surface area contributed by atoms with Gasteiger partial charge in [-0.2, -0.15) is 0 Å². The van der Waals surface area contributed by atoms with Crippen molar-refractivity contribution in [2.75, 3.05) is 37.6 Å². The van der Waals surface area contributed by atoms with Gasteiger partial charge in [-0.25, -0.2) is 4.98 Å². The van der Waals surface area contributed by atoms with Gasteiger partial charge in [0.1, 0.15) is 5.82 Å². The van der Waals surface area contributed by atoms with Crippen LogP contribution in [0.2, 0.25) is 0 Å². The summed E-state index contributed by atoms with van der Waals surface area (Å²) in [5, 5.41) is 12.2. The first-order valence-electron chi connectivity index (χ1n) is 11.6. The molecule has 32 heavy (non-hydrogen) atoms. The topological polar surface area (TPSA) is 39.6 Å². The fraction of sp³-hybridized carbons (Fsp3) is 0.370. The number of likely N-dealkylation sites (N-methyl/N-ethyl adjacent to an activating group) is 1. The lowest BCUT2D eigenvalue weighted by Crippen LogP contribution is -2.46. The fourth-order valence-corrected chi connectivity index (χ4v) is 4.78. The van der Waals surface area contributed by atoms with Crippen LogP contribution in [0, 0.1) is 0 Å². The number of benzene rings is 2. The molecule has 5 heteroatoms. The van der Waals surface area contributed by atoms with Crippen molar-refractivity contribution in [1.82, 2.24) is 9.88 Å². The summed E-state index contributed by atoms with van der Waals surface area (Å²) < 4.78 is 0. The van der Waals surface area contributed by atoms with Crippen molar-refractivity contribution >= 4 is 34.6 Å². The summed E-state index contributed by atoms with van der Waals surface area (Å²) in [5.41, 5.74) is 4.79. The highest BCUT2D eigenvalue weighted by molar-refractivity contribution is 5.95. The molecule has 1 fully saturated rings. The fourth-order valence-electron chi connectivity index (χ4n) is 4.78. The normalized spacial score (nSPS) is 19.5. The molecule has 4 nitrogen and oxygen atoms in total. The number of nitrogens with zero attached hydrogens (tertiary/aromatic N) is 3. The van der Waals surface area contributed by atoms with E-state index in [9.17, 15) is 5.11 Å². The number of hydrogen-bond donors (Lipinski definition) is 1. The van der Waals surface area contributed by atoms with Crippen LogP contribution in [-0.2, 0) is 0 Å². The molecular formula is C27H32ClN3O. The highest BCUT2D eigenvalue weighted by atomic mass is 35.5. The maximum absolute atomic E-state index is 9.76. The molecule has 1 aromatic heterocycles. The van der Waals surface area contributed by atoms with Gasteiger partial charge in [0, 0.05) is 37.1 Å². The number of aliphatic hydroxyl groups excluding tert-OH is 1. The average molecular weight is 450 g/mol. The van der Waals surface area contributed by atoms with E-state index in [0.717, 1.165) is 69.1 Å². The molecule has 5 rings (SSSR count). The largest absolute Gasteiger partial charge is 0.393 e. The first-order chi connectivity index (χ1) is 15.2. The first kappa shape index (κ1) is 22.8. The molecule has 0 spiro atoms. The van der Waals surface area contributed by atoms with E-state index in [0.29, 0.717) is 0 Å². The summed E-state index contributed by atoms with van der Waals surface area (Å²) in [6.45, 7) is 7.58. The third-order valence-electron chi connectivity index (χ3n) is 6.77. The van der Waals surface area contributed by atoms with Gasteiger partial charge in [0.25, 0.3) is 0 Å². The maximum atomic E-state index is 9.76. The number of pyridine rings is 1. The second-order valence-corrected chi connectivity index (χ2v) is 8.71. The molecule has 3 aromatic rings. The molecule has 0 radical (unpaired) electrons. The number of piperazine rings is 1. The second-order valence-electron chi connectivity index (χ2n) is 8.71. The lowest BCUT2D eigenvalue weighted by Gasteiger charge is -2.35. The molecule has 1 aliphatic carbocycles. The standard InChI is InChI=1S/C27H31N3O.ClH/c1-2-29-15-17-30(18-16-29)27-25-6-4-3-5-23(25)19-26(28-27)22-9-7-20(8-10-22)21-11-13-24(31)14-12-21;/h3-11,19,24,31H,2,12-18H2,1H3;1H. The van der Waals surface area contributed by atoms with Crippen LogP contribution in [0.25, 0.3) is 27.6 Å². The third-order valence-corrected chi connectivity index (χ3v) is 6.77. The van der Waals surface area contributed by atoms with Gasteiger partial charge in [-0.15, -0.1) is 12.4 Å². The quantitative estimate of drug-likeness (QED) is 0.579. The van der Waals surface area contributed by atoms with Gasteiger partial charge < -0.3 is 14.9 Å². The molecule has 2 aliphatic rings. The van der Waals surface area contributed by atoms with E-state index in [1.807, 2.05) is 0 Å². The van der Waals surface area contributed by atoms with Crippen LogP contribution in [0.1, 0.15) is 31.7 Å². The molecule has 1 unspecified atom stereocenters. The number of allylic oxidation sites excluding steroid dienone is 1. The van der Waals surface area contributed by atoms with E-state index in [2.05, 4.69) is 77.4 Å². The molecule has 1 aliphatic heterocycles. The maximum Gasteiger partial charge on any atom is 0.137 e. The lowest BCUT2D eigenvalue weighted by atomic mass is 9.91. The first-order valence-corrected chi connectivity index (χ1v) is 11.6. The molecule has 1 N–H and O–H groups in total. The molecule has 2 aromatic carbocycles. The molecule has 0 amide bonds. The molecule has 168 valence electrons. The number of anilines is 1. The Hall–Kier alpha value is -2.40. The summed E-state index contributed by atoms with van der Waals surface area (Å²) in [7, 11) is 0. The Morgan fingerprint density at radius 3 is 2.38 bits per heavy atom. The molecule has 2 heterocycles. The van der Waals surface area contributed by atoms with Gasteiger partial charge in [0.15, 0.2) is 0 Å². The van der Waals surface area contributed by atoms with Gasteiger partial charge in [-0.1, -0.05) is 61.5 Å². The van der Waals surface area contributed by atoms with Crippen LogP contribution in [-0.4, -0.2) is 53.8 Å². The van der Waals surface area contributed by atoms with E-state index in [4.69, 9.17) is 4.98 Å². The van der Waals surface area contributed by atoms with Crippen LogP contribution in [0.15, 0.2) is 60.7 Å². The van der Waals surface area contributed by atoms with Crippen molar-refractivity contribution in [1.29, 1.82) is 0 Å². The van der Waals surface area contributed by atoms with Gasteiger partial charge in [-0.3, -0.25) is 0 Å². The van der Waals surface area contributed by atoms with E-state index in [-0.39, 0.29) is 18.5 Å². The van der Waals surface area contributed by atoms with Gasteiger partial charge in [-0.05, 0) is 48.4 Å². The average Bonchev–Trinajstić information content (AvgIpc) is 2.84. The van der Waals surface area contributed by atoms with E-state index >= 15 is 0 Å². The summed E-state index contributed by atoms with van der Waals surface area (Å²) in [6.07, 6.45) is 4.57. The lowest BCUT2D eigenvalue weighted by molar-refractivity contribution is 0.166. The number of aromatic nitrogens is 1. The van der Waals surface area contributed by atoms with E-state index in [1.165, 1.54) is 21.9 Å². The minimum atomic E-state index is -0.178. The number of aliphatic hydroxyl groups is 1. The van der Waals surface area contributed by atoms with Crippen molar-refractivity contribution in [3.05, 3.63) is 66.2 Å². The van der Waals surface area contributed by atoms with Crippen molar-refractivity contribution in [3.8, 4) is 11.3 Å². The molecule has 0 bridgehead atoms. The number of hydrogen-bond acceptors (Lipinski definition) is 4. The van der Waals surface area contributed by atoms with Crippen molar-refractivity contribution < 1.29 is 5.11 Å². The predicted molar refractivity (Wildman–Crippen MR) is 137 cm³/mol. The molecule has 1 atom stereocenters. The predicted octanol–water partition coefficient (Wildman–Crippen LogP) is 5.39. The SMILES string of the molecule is CCN1CCN(c2nc(-c3ccc(C4=CCC(O)CC4)cc3)cc3ccccc23)CC1.Cl. The number of fused-ring (bicyclic) bond motifs is 1. The van der Waals surface area contributed by atoms with Crippen LogP contribution >= 0.6 is 12.4 Å². The van der Waals surface area contributed by atoms with Crippen molar-refractivity contribution in [3.63, 3.8) is 0 Å². The van der Waals surface area contributed by atoms with Crippen LogP contribution < -0.4 is 4.90 Å². The highest BCUT2D eigenvalue weighted by Gasteiger charge is 2.20. The number of rotatable bonds is 4. The zero-order chi connectivity index (χ0) is 21.2. The third kappa shape index (κ3) is 4.68. The Bertz CT molecular complexity index is 1090. The van der Waals surface area contributed by atoms with Gasteiger partial charge >= 0.3 is 0 Å². The molecular weight excluding hydrogens is 418 g/mol. The van der Waals surface area contributed by atoms with Crippen LogP contribution in [0.5, 0.6) is 0 Å². The van der Waals surface area contributed by atoms with Crippen molar-refractivity contribution in [2.24, 2.45) is 0 Å². The highest BCUT2D eigenvalue weighted by Crippen LogP contribution is 2.32. The Kier molecular flexibility index (Phi) is 7.14. The smallest absolute Gasteiger partial charge is 0.137 e. The van der Waals surface area contributed by atoms with E-state index in [1.54, 1.807) is 0 Å². The monoisotopic (exact) mass is 449 g/mol. The molecule has 0 saturated carbocycles. The number of halogens is 1. The minimum absolute atomic E-state index is 0. The van der Waals surface area contributed by atoms with Crippen LogP contribution in [0.4, 0.5) is 5.82 Å². The molecule has 1 saturated heterocycles. The second kappa shape index (κ2) is 10.0. The van der Waals surface area contributed by atoms with Gasteiger partial charge in [0.2, 0.25) is 0 Å². The van der Waals surface area contributed by atoms with Gasteiger partial charge in [0.05, 0.1) is 11.8 Å². The Balaban J connectivity index is 0.00000245. The Morgan fingerprint density at radius 2 is 1.69 bits per heavy atom. The van der Waals surface area contributed by atoms with E-state index < -0.39 is 0 Å². The zero-order valence-electron chi connectivity index (χ0n) is 18.7. The van der Waals surface area contributed by atoms with Crippen molar-refractivity contribution in [2.45, 2.75) is 32.3 Å². The Morgan fingerprint density at radius 1 is 0.969 bits per heavy atom. The summed E-state index contributed by atoms with van der Waals surface area (Å²) in [4.78, 5) is 10.1. The minimum Gasteiger partial charge on any atom is -0.393 e. The Labute approximate surface area is 197 Å². The summed E-state index contributed by atoms with van der Waals surface area (Å²) in [5.74, 6) is 1.11. The summed E-state index contributed by atoms with van der Waals surface area (Å²) >= 11 is 0. The van der Waals surface area contributed by atoms with Crippen LogP contribution in [0.3, 0.4) is 0 Å². The zero-order valence-corrected chi connectivity index (χ0v) is 19.5. The summed E-state index contributed by atoms with van der Waals surface area (Å²) in [6, 6.07) is 19.6.